The van der Waals surface area contributed by atoms with Gasteiger partial charge in [0.25, 0.3) is 5.91 Å². The molecule has 0 radical (unpaired) electrons. The normalized spacial score (nSPS) is 17.4. The molecule has 4 rings (SSSR count). The summed E-state index contributed by atoms with van der Waals surface area (Å²) >= 11 is 1.22. The zero-order chi connectivity index (χ0) is 22.0. The van der Waals surface area contributed by atoms with Crippen molar-refractivity contribution in [1.82, 2.24) is 14.5 Å². The van der Waals surface area contributed by atoms with Crippen LogP contribution in [0.4, 0.5) is 5.69 Å². The van der Waals surface area contributed by atoms with Crippen molar-refractivity contribution in [1.29, 1.82) is 0 Å². The van der Waals surface area contributed by atoms with Gasteiger partial charge in [-0.25, -0.2) is 8.42 Å². The van der Waals surface area contributed by atoms with E-state index < -0.39 is 10.0 Å². The van der Waals surface area contributed by atoms with Gasteiger partial charge < -0.3 is 5.32 Å². The second kappa shape index (κ2) is 8.86. The Kier molecular flexibility index (Phi) is 6.17. The number of rotatable bonds is 5. The minimum absolute atomic E-state index is 0.0779. The number of piperidine rings is 1. The molecule has 1 atom stereocenters. The average molecular weight is 457 g/mol. The molecule has 0 bridgehead atoms. The third kappa shape index (κ3) is 4.68. The van der Waals surface area contributed by atoms with E-state index in [4.69, 9.17) is 0 Å². The van der Waals surface area contributed by atoms with Crippen molar-refractivity contribution in [3.63, 3.8) is 0 Å². The number of carbonyl (C=O) groups excluding carboxylic acids is 1. The summed E-state index contributed by atoms with van der Waals surface area (Å²) in [6.45, 7) is 4.69. The fourth-order valence-electron chi connectivity index (χ4n) is 3.58. The van der Waals surface area contributed by atoms with E-state index in [2.05, 4.69) is 15.5 Å². The standard InChI is InChI=1S/C22H24N4O3S2/c1-15-10-11-19(13-16(15)2)31(28,29)26-12-6-7-17(14-26)21-24-25-22(30-21)20(27)23-18-8-4-3-5-9-18/h3-5,8-11,13,17H,6-7,12,14H2,1-2H3,(H,23,27). The molecular formula is C22H24N4O3S2. The smallest absolute Gasteiger partial charge is 0.286 e. The predicted octanol–water partition coefficient (Wildman–Crippen LogP) is 3.98. The first-order chi connectivity index (χ1) is 14.8. The Labute approximate surface area is 186 Å². The van der Waals surface area contributed by atoms with Crippen molar-refractivity contribution >= 4 is 33.0 Å². The lowest BCUT2D eigenvalue weighted by Crippen LogP contribution is -2.39. The molecule has 3 aromatic rings. The lowest BCUT2D eigenvalue weighted by molar-refractivity contribution is 0.102. The number of amides is 1. The summed E-state index contributed by atoms with van der Waals surface area (Å²) < 4.78 is 27.9. The molecule has 7 nitrogen and oxygen atoms in total. The van der Waals surface area contributed by atoms with Gasteiger partial charge in [0.2, 0.25) is 15.0 Å². The molecule has 1 aliphatic rings. The number of para-hydroxylation sites is 1. The number of benzene rings is 2. The van der Waals surface area contributed by atoms with Crippen molar-refractivity contribution in [2.75, 3.05) is 18.4 Å². The lowest BCUT2D eigenvalue weighted by Gasteiger charge is -2.30. The fourth-order valence-corrected chi connectivity index (χ4v) is 6.06. The first-order valence-corrected chi connectivity index (χ1v) is 12.4. The second-order valence-corrected chi connectivity index (χ2v) is 10.7. The van der Waals surface area contributed by atoms with Crippen LogP contribution in [0.3, 0.4) is 0 Å². The van der Waals surface area contributed by atoms with Crippen LogP contribution in [0, 0.1) is 13.8 Å². The zero-order valence-electron chi connectivity index (χ0n) is 17.4. The highest BCUT2D eigenvalue weighted by Crippen LogP contribution is 2.32. The van der Waals surface area contributed by atoms with Gasteiger partial charge in [0, 0.05) is 24.7 Å². The Morgan fingerprint density at radius 1 is 1.10 bits per heavy atom. The maximum atomic E-state index is 13.2. The monoisotopic (exact) mass is 456 g/mol. The molecule has 1 aromatic heterocycles. The molecule has 1 amide bonds. The zero-order valence-corrected chi connectivity index (χ0v) is 19.0. The van der Waals surface area contributed by atoms with Crippen LogP contribution in [0.2, 0.25) is 0 Å². The van der Waals surface area contributed by atoms with Crippen molar-refractivity contribution in [3.8, 4) is 0 Å². The van der Waals surface area contributed by atoms with E-state index in [1.807, 2.05) is 38.1 Å². The maximum absolute atomic E-state index is 13.2. The van der Waals surface area contributed by atoms with Gasteiger partial charge in [-0.15, -0.1) is 10.2 Å². The van der Waals surface area contributed by atoms with Crippen LogP contribution in [0.1, 0.15) is 44.7 Å². The maximum Gasteiger partial charge on any atom is 0.286 e. The average Bonchev–Trinajstić information content (AvgIpc) is 3.27. The van der Waals surface area contributed by atoms with Crippen LogP contribution in [0.25, 0.3) is 0 Å². The first kappa shape index (κ1) is 21.6. The third-order valence-electron chi connectivity index (χ3n) is 5.52. The number of hydrogen-bond donors (Lipinski definition) is 1. The number of sulfonamides is 1. The molecule has 2 heterocycles. The van der Waals surface area contributed by atoms with Gasteiger partial charge in [-0.3, -0.25) is 4.79 Å². The molecule has 1 saturated heterocycles. The number of anilines is 1. The number of aryl methyl sites for hydroxylation is 2. The fraction of sp³-hybridized carbons (Fsp3) is 0.318. The summed E-state index contributed by atoms with van der Waals surface area (Å²) in [7, 11) is -3.58. The Morgan fingerprint density at radius 2 is 1.87 bits per heavy atom. The molecule has 1 N–H and O–H groups in total. The summed E-state index contributed by atoms with van der Waals surface area (Å²) in [6, 6.07) is 14.4. The highest BCUT2D eigenvalue weighted by Gasteiger charge is 2.33. The largest absolute Gasteiger partial charge is 0.320 e. The van der Waals surface area contributed by atoms with Crippen LogP contribution < -0.4 is 5.32 Å². The molecule has 0 saturated carbocycles. The van der Waals surface area contributed by atoms with E-state index in [0.29, 0.717) is 28.7 Å². The first-order valence-electron chi connectivity index (χ1n) is 10.1. The van der Waals surface area contributed by atoms with Crippen molar-refractivity contribution in [3.05, 3.63) is 69.7 Å². The number of carbonyl (C=O) groups is 1. The van der Waals surface area contributed by atoms with E-state index in [-0.39, 0.29) is 16.8 Å². The summed E-state index contributed by atoms with van der Waals surface area (Å²) in [5.74, 6) is -0.392. The molecule has 1 unspecified atom stereocenters. The van der Waals surface area contributed by atoms with Crippen molar-refractivity contribution < 1.29 is 13.2 Å². The van der Waals surface area contributed by atoms with Crippen LogP contribution in [0.15, 0.2) is 53.4 Å². The Hall–Kier alpha value is -2.62. The summed E-state index contributed by atoms with van der Waals surface area (Å²) in [4.78, 5) is 12.8. The van der Waals surface area contributed by atoms with E-state index >= 15 is 0 Å². The predicted molar refractivity (Wildman–Crippen MR) is 121 cm³/mol. The molecule has 9 heteroatoms. The molecule has 2 aromatic carbocycles. The van der Waals surface area contributed by atoms with Gasteiger partial charge in [-0.2, -0.15) is 4.31 Å². The molecule has 0 spiro atoms. The Balaban J connectivity index is 1.49. The highest BCUT2D eigenvalue weighted by molar-refractivity contribution is 7.89. The number of aromatic nitrogens is 2. The Bertz CT molecular complexity index is 1190. The van der Waals surface area contributed by atoms with E-state index in [1.54, 1.807) is 24.3 Å². The topological polar surface area (TPSA) is 92.3 Å². The van der Waals surface area contributed by atoms with Crippen molar-refractivity contribution in [2.24, 2.45) is 0 Å². The van der Waals surface area contributed by atoms with Crippen molar-refractivity contribution in [2.45, 2.75) is 37.5 Å². The van der Waals surface area contributed by atoms with Crippen LogP contribution in [0.5, 0.6) is 0 Å². The van der Waals surface area contributed by atoms with Gasteiger partial charge in [0.05, 0.1) is 4.90 Å². The van der Waals surface area contributed by atoms with Gasteiger partial charge in [-0.1, -0.05) is 35.6 Å². The minimum atomic E-state index is -3.58. The van der Waals surface area contributed by atoms with E-state index in [1.165, 1.54) is 15.6 Å². The van der Waals surface area contributed by atoms with E-state index in [9.17, 15) is 13.2 Å². The third-order valence-corrected chi connectivity index (χ3v) is 8.46. The SMILES string of the molecule is Cc1ccc(S(=O)(=O)N2CCCC(c3nnc(C(=O)Nc4ccccc4)s3)C2)cc1C. The molecule has 1 fully saturated rings. The molecule has 0 aliphatic carbocycles. The molecule has 1 aliphatic heterocycles. The molecule has 31 heavy (non-hydrogen) atoms. The van der Waals surface area contributed by atoms with Crippen LogP contribution in [-0.2, 0) is 10.0 Å². The number of nitrogens with zero attached hydrogens (tertiary/aromatic N) is 3. The van der Waals surface area contributed by atoms with Gasteiger partial charge in [0.1, 0.15) is 5.01 Å². The molecule has 162 valence electrons. The number of hydrogen-bond acceptors (Lipinski definition) is 6. The summed E-state index contributed by atoms with van der Waals surface area (Å²) in [5, 5.41) is 12.0. The van der Waals surface area contributed by atoms with E-state index in [0.717, 1.165) is 24.0 Å². The Morgan fingerprint density at radius 3 is 2.61 bits per heavy atom. The quantitative estimate of drug-likeness (QED) is 0.627. The highest BCUT2D eigenvalue weighted by atomic mass is 32.2. The van der Waals surface area contributed by atoms with Crippen LogP contribution in [-0.4, -0.2) is 41.9 Å². The summed E-state index contributed by atoms with van der Waals surface area (Å²) in [5.41, 5.74) is 2.70. The van der Waals surface area contributed by atoms with Gasteiger partial charge in [-0.05, 0) is 62.1 Å². The van der Waals surface area contributed by atoms with Crippen LogP contribution >= 0.6 is 11.3 Å². The second-order valence-electron chi connectivity index (χ2n) is 7.71. The lowest BCUT2D eigenvalue weighted by atomic mass is 10.0. The van der Waals surface area contributed by atoms with Gasteiger partial charge in [0.15, 0.2) is 0 Å². The number of nitrogens with one attached hydrogen (secondary N) is 1. The van der Waals surface area contributed by atoms with Gasteiger partial charge >= 0.3 is 0 Å². The minimum Gasteiger partial charge on any atom is -0.320 e. The summed E-state index contributed by atoms with van der Waals surface area (Å²) in [6.07, 6.45) is 1.55. The molecular weight excluding hydrogens is 432 g/mol.